The molecule has 26 heavy (non-hydrogen) atoms. The molecule has 2 heterocycles. The number of aliphatic carboxylic acids is 1. The lowest BCUT2D eigenvalue weighted by Gasteiger charge is -2.16. The molecule has 1 aliphatic rings. The van der Waals surface area contributed by atoms with Crippen molar-refractivity contribution in [2.24, 2.45) is 13.0 Å². The third kappa shape index (κ3) is 2.65. The van der Waals surface area contributed by atoms with Gasteiger partial charge >= 0.3 is 5.97 Å². The Balaban J connectivity index is 1.67. The summed E-state index contributed by atoms with van der Waals surface area (Å²) in [5.41, 5.74) is 2.58. The molecule has 5 heteroatoms. The van der Waals surface area contributed by atoms with Crippen molar-refractivity contribution in [2.45, 2.75) is 5.92 Å². The Bertz CT molecular complexity index is 977. The normalized spacial score (nSPS) is 19.8. The molecular formula is C21H20N2O3. The summed E-state index contributed by atoms with van der Waals surface area (Å²) in [6.45, 7) is 0.653. The van der Waals surface area contributed by atoms with E-state index in [1.807, 2.05) is 72.4 Å². The van der Waals surface area contributed by atoms with Crippen molar-refractivity contribution in [2.75, 3.05) is 13.1 Å². The van der Waals surface area contributed by atoms with Gasteiger partial charge in [-0.05, 0) is 11.6 Å². The lowest BCUT2D eigenvalue weighted by Crippen LogP contribution is -2.29. The van der Waals surface area contributed by atoms with Gasteiger partial charge in [-0.3, -0.25) is 9.59 Å². The van der Waals surface area contributed by atoms with Gasteiger partial charge in [-0.1, -0.05) is 48.5 Å². The molecule has 2 aromatic carbocycles. The van der Waals surface area contributed by atoms with E-state index in [9.17, 15) is 14.7 Å². The number of carboxylic acids is 1. The van der Waals surface area contributed by atoms with Crippen LogP contribution in [0.25, 0.3) is 10.9 Å². The summed E-state index contributed by atoms with van der Waals surface area (Å²) < 4.78 is 1.93. The Kier molecular flexibility index (Phi) is 3.99. The molecule has 0 radical (unpaired) electrons. The summed E-state index contributed by atoms with van der Waals surface area (Å²) in [6, 6.07) is 17.4. The van der Waals surface area contributed by atoms with Gasteiger partial charge in [0.2, 0.25) is 0 Å². The fraction of sp³-hybridized carbons (Fsp3) is 0.238. The van der Waals surface area contributed by atoms with Crippen LogP contribution in [0.2, 0.25) is 0 Å². The first-order valence-corrected chi connectivity index (χ1v) is 8.67. The first-order chi connectivity index (χ1) is 12.6. The Hall–Kier alpha value is -3.08. The number of rotatable bonds is 3. The number of nitrogens with zero attached hydrogens (tertiary/aromatic N) is 2. The van der Waals surface area contributed by atoms with Crippen LogP contribution in [0.5, 0.6) is 0 Å². The molecule has 4 rings (SSSR count). The summed E-state index contributed by atoms with van der Waals surface area (Å²) in [5, 5.41) is 10.5. The number of carbonyl (C=O) groups excluding carboxylic acids is 1. The van der Waals surface area contributed by atoms with Crippen LogP contribution >= 0.6 is 0 Å². The second kappa shape index (κ2) is 6.33. The van der Waals surface area contributed by atoms with Gasteiger partial charge in [0.05, 0.1) is 11.5 Å². The van der Waals surface area contributed by atoms with Gasteiger partial charge in [-0.25, -0.2) is 0 Å². The maximum atomic E-state index is 13.1. The summed E-state index contributed by atoms with van der Waals surface area (Å²) in [7, 11) is 1.91. The van der Waals surface area contributed by atoms with Crippen LogP contribution in [0.4, 0.5) is 0 Å². The van der Waals surface area contributed by atoms with Crippen molar-refractivity contribution < 1.29 is 14.7 Å². The highest BCUT2D eigenvalue weighted by Crippen LogP contribution is 2.34. The maximum absolute atomic E-state index is 13.1. The van der Waals surface area contributed by atoms with E-state index in [1.54, 1.807) is 4.90 Å². The van der Waals surface area contributed by atoms with Crippen LogP contribution in [0.15, 0.2) is 60.8 Å². The number of para-hydroxylation sites is 1. The molecule has 1 saturated heterocycles. The topological polar surface area (TPSA) is 62.5 Å². The van der Waals surface area contributed by atoms with E-state index in [0.29, 0.717) is 12.1 Å². The summed E-state index contributed by atoms with van der Waals surface area (Å²) in [4.78, 5) is 26.6. The number of amides is 1. The molecule has 2 atom stereocenters. The van der Waals surface area contributed by atoms with Gasteiger partial charge in [-0.15, -0.1) is 0 Å². The second-order valence-corrected chi connectivity index (χ2v) is 6.84. The zero-order valence-corrected chi connectivity index (χ0v) is 14.5. The minimum Gasteiger partial charge on any atom is -0.481 e. The monoisotopic (exact) mass is 348 g/mol. The Morgan fingerprint density at radius 2 is 1.69 bits per heavy atom. The van der Waals surface area contributed by atoms with Crippen molar-refractivity contribution in [3.8, 4) is 0 Å². The first kappa shape index (κ1) is 16.4. The molecule has 1 aliphatic heterocycles. The average molecular weight is 348 g/mol. The van der Waals surface area contributed by atoms with Crippen LogP contribution in [0.1, 0.15) is 21.8 Å². The van der Waals surface area contributed by atoms with Crippen LogP contribution in [0.3, 0.4) is 0 Å². The minimum atomic E-state index is -0.855. The number of aromatic nitrogens is 1. The Morgan fingerprint density at radius 3 is 2.42 bits per heavy atom. The van der Waals surface area contributed by atoms with Crippen LogP contribution < -0.4 is 0 Å². The van der Waals surface area contributed by atoms with E-state index >= 15 is 0 Å². The molecule has 1 N–H and O–H groups in total. The van der Waals surface area contributed by atoms with Crippen molar-refractivity contribution in [1.82, 2.24) is 9.47 Å². The number of benzene rings is 2. The van der Waals surface area contributed by atoms with Gasteiger partial charge in [0.15, 0.2) is 0 Å². The molecule has 1 aromatic heterocycles. The summed E-state index contributed by atoms with van der Waals surface area (Å²) in [5.74, 6) is -1.73. The molecule has 3 aromatic rings. The standard InChI is InChI=1S/C21H20N2O3/c1-22-11-17(15-9-5-6-10-19(15)22)20(24)23-12-16(18(13-23)21(25)26)14-7-3-2-4-8-14/h2-11,16,18H,12-13H2,1H3,(H,25,26)/t16-,18+/m0/s1. The lowest BCUT2D eigenvalue weighted by atomic mass is 9.89. The van der Waals surface area contributed by atoms with Crippen LogP contribution in [-0.4, -0.2) is 39.5 Å². The number of carbonyl (C=O) groups is 2. The number of hydrogen-bond acceptors (Lipinski definition) is 2. The molecule has 0 spiro atoms. The van der Waals surface area contributed by atoms with Crippen LogP contribution in [0, 0.1) is 5.92 Å². The maximum Gasteiger partial charge on any atom is 0.308 e. The van der Waals surface area contributed by atoms with E-state index < -0.39 is 11.9 Å². The van der Waals surface area contributed by atoms with Gasteiger partial charge < -0.3 is 14.6 Å². The van der Waals surface area contributed by atoms with Crippen molar-refractivity contribution in [3.05, 3.63) is 71.9 Å². The predicted octanol–water partition coefficient (Wildman–Crippen LogP) is 3.12. The van der Waals surface area contributed by atoms with Crippen molar-refractivity contribution in [1.29, 1.82) is 0 Å². The zero-order valence-electron chi connectivity index (χ0n) is 14.5. The van der Waals surface area contributed by atoms with Gasteiger partial charge in [-0.2, -0.15) is 0 Å². The van der Waals surface area contributed by atoms with Crippen molar-refractivity contribution >= 4 is 22.8 Å². The Labute approximate surface area is 151 Å². The number of likely N-dealkylation sites (tertiary alicyclic amines) is 1. The zero-order chi connectivity index (χ0) is 18.3. The Morgan fingerprint density at radius 1 is 1.00 bits per heavy atom. The molecule has 5 nitrogen and oxygen atoms in total. The average Bonchev–Trinajstić information content (AvgIpc) is 3.25. The number of carboxylic acid groups (broad SMARTS) is 1. The van der Waals surface area contributed by atoms with Gasteiger partial charge in [0.1, 0.15) is 0 Å². The molecule has 0 aliphatic carbocycles. The molecule has 0 unspecified atom stereocenters. The fourth-order valence-electron chi connectivity index (χ4n) is 3.94. The lowest BCUT2D eigenvalue weighted by molar-refractivity contribution is -0.141. The van der Waals surface area contributed by atoms with E-state index in [4.69, 9.17) is 0 Å². The van der Waals surface area contributed by atoms with Crippen LogP contribution in [-0.2, 0) is 11.8 Å². The molecule has 0 bridgehead atoms. The van der Waals surface area contributed by atoms with Crippen molar-refractivity contribution in [3.63, 3.8) is 0 Å². The van der Waals surface area contributed by atoms with E-state index in [1.165, 1.54) is 0 Å². The third-order valence-corrected chi connectivity index (χ3v) is 5.28. The summed E-state index contributed by atoms with van der Waals surface area (Å²) >= 11 is 0. The first-order valence-electron chi connectivity index (χ1n) is 8.67. The smallest absolute Gasteiger partial charge is 0.308 e. The molecule has 0 saturated carbocycles. The van der Waals surface area contributed by atoms with E-state index in [2.05, 4.69) is 0 Å². The second-order valence-electron chi connectivity index (χ2n) is 6.84. The predicted molar refractivity (Wildman–Crippen MR) is 99.1 cm³/mol. The molecule has 1 fully saturated rings. The van der Waals surface area contributed by atoms with Gasteiger partial charge in [0, 0.05) is 43.2 Å². The SMILES string of the molecule is Cn1cc(C(=O)N2C[C@@H](C(=O)O)[C@H](c3ccccc3)C2)c2ccccc21. The molecule has 1 amide bonds. The minimum absolute atomic E-state index is 0.105. The fourth-order valence-corrected chi connectivity index (χ4v) is 3.94. The molecular weight excluding hydrogens is 328 g/mol. The number of aryl methyl sites for hydroxylation is 1. The largest absolute Gasteiger partial charge is 0.481 e. The summed E-state index contributed by atoms with van der Waals surface area (Å²) in [6.07, 6.45) is 1.83. The quantitative estimate of drug-likeness (QED) is 0.791. The van der Waals surface area contributed by atoms with E-state index in [-0.39, 0.29) is 18.4 Å². The van der Waals surface area contributed by atoms with Gasteiger partial charge in [0.25, 0.3) is 5.91 Å². The highest BCUT2D eigenvalue weighted by Gasteiger charge is 2.41. The highest BCUT2D eigenvalue weighted by molar-refractivity contribution is 6.07. The highest BCUT2D eigenvalue weighted by atomic mass is 16.4. The van der Waals surface area contributed by atoms with E-state index in [0.717, 1.165) is 16.5 Å². The molecule has 132 valence electrons. The number of fused-ring (bicyclic) bond motifs is 1. The third-order valence-electron chi connectivity index (χ3n) is 5.28. The number of hydrogen-bond donors (Lipinski definition) is 1.